The summed E-state index contributed by atoms with van der Waals surface area (Å²) in [6, 6.07) is 1.16. The van der Waals surface area contributed by atoms with E-state index in [1.54, 1.807) is 0 Å². The molecule has 5 nitrogen and oxygen atoms in total. The molecule has 1 aromatic rings. The summed E-state index contributed by atoms with van der Waals surface area (Å²) in [6.07, 6.45) is 5.02. The summed E-state index contributed by atoms with van der Waals surface area (Å²) in [6.45, 7) is 7.30. The predicted octanol–water partition coefficient (Wildman–Crippen LogP) is 2.73. The van der Waals surface area contributed by atoms with E-state index in [1.807, 2.05) is 6.92 Å². The van der Waals surface area contributed by atoms with Gasteiger partial charge in [-0.25, -0.2) is 0 Å². The molecule has 1 aromatic heterocycles. The number of aromatic nitrogens is 2. The highest BCUT2D eigenvalue weighted by atomic mass is 16.4. The SMILES string of the molecule is CCNC(C)c1nnc(NC2CCCC(C)C2)o1. The molecule has 1 heterocycles. The Morgan fingerprint density at radius 2 is 2.22 bits per heavy atom. The molecule has 1 saturated carbocycles. The van der Waals surface area contributed by atoms with Gasteiger partial charge in [0, 0.05) is 6.04 Å². The fourth-order valence-electron chi connectivity index (χ4n) is 2.60. The maximum absolute atomic E-state index is 5.64. The quantitative estimate of drug-likeness (QED) is 0.843. The van der Waals surface area contributed by atoms with E-state index in [4.69, 9.17) is 4.42 Å². The van der Waals surface area contributed by atoms with E-state index in [0.717, 1.165) is 12.5 Å². The van der Waals surface area contributed by atoms with Gasteiger partial charge in [-0.2, -0.15) is 0 Å². The van der Waals surface area contributed by atoms with Gasteiger partial charge in [-0.05, 0) is 32.2 Å². The van der Waals surface area contributed by atoms with Crippen LogP contribution in [0.3, 0.4) is 0 Å². The van der Waals surface area contributed by atoms with Crippen molar-refractivity contribution in [3.8, 4) is 0 Å². The van der Waals surface area contributed by atoms with Gasteiger partial charge >= 0.3 is 6.01 Å². The minimum absolute atomic E-state index is 0.114. The first-order valence-corrected chi connectivity index (χ1v) is 7.02. The van der Waals surface area contributed by atoms with Crippen LogP contribution in [0.15, 0.2) is 4.42 Å². The van der Waals surface area contributed by atoms with Crippen molar-refractivity contribution in [2.45, 2.75) is 58.5 Å². The Labute approximate surface area is 109 Å². The second-order valence-corrected chi connectivity index (χ2v) is 5.34. The molecule has 18 heavy (non-hydrogen) atoms. The predicted molar refractivity (Wildman–Crippen MR) is 71.4 cm³/mol. The highest BCUT2D eigenvalue weighted by molar-refractivity contribution is 5.20. The molecular weight excluding hydrogens is 228 g/mol. The summed E-state index contributed by atoms with van der Waals surface area (Å²) >= 11 is 0. The first-order valence-electron chi connectivity index (χ1n) is 7.02. The van der Waals surface area contributed by atoms with Gasteiger partial charge < -0.3 is 15.1 Å². The Hall–Kier alpha value is -1.10. The van der Waals surface area contributed by atoms with E-state index in [2.05, 4.69) is 34.7 Å². The van der Waals surface area contributed by atoms with Gasteiger partial charge in [0.2, 0.25) is 5.89 Å². The van der Waals surface area contributed by atoms with Crippen LogP contribution in [-0.2, 0) is 0 Å². The molecule has 2 rings (SSSR count). The largest absolute Gasteiger partial charge is 0.406 e. The third kappa shape index (κ3) is 3.45. The zero-order chi connectivity index (χ0) is 13.0. The van der Waals surface area contributed by atoms with Crippen LogP contribution in [0.1, 0.15) is 58.4 Å². The molecule has 2 N–H and O–H groups in total. The van der Waals surface area contributed by atoms with E-state index in [-0.39, 0.29) is 6.04 Å². The fraction of sp³-hybridized carbons (Fsp3) is 0.846. The van der Waals surface area contributed by atoms with Crippen molar-refractivity contribution in [1.82, 2.24) is 15.5 Å². The molecule has 1 aliphatic rings. The maximum atomic E-state index is 5.64. The van der Waals surface area contributed by atoms with Crippen LogP contribution < -0.4 is 10.6 Å². The van der Waals surface area contributed by atoms with E-state index in [1.165, 1.54) is 25.7 Å². The van der Waals surface area contributed by atoms with Crippen molar-refractivity contribution in [3.05, 3.63) is 5.89 Å². The van der Waals surface area contributed by atoms with Crippen molar-refractivity contribution in [1.29, 1.82) is 0 Å². The molecule has 1 aliphatic carbocycles. The Bertz CT molecular complexity index is 366. The number of hydrogen-bond donors (Lipinski definition) is 2. The topological polar surface area (TPSA) is 63.0 Å². The molecule has 0 radical (unpaired) electrons. The lowest BCUT2D eigenvalue weighted by molar-refractivity contribution is 0.350. The minimum Gasteiger partial charge on any atom is -0.406 e. The first-order chi connectivity index (χ1) is 8.69. The number of hydrogen-bond acceptors (Lipinski definition) is 5. The summed E-state index contributed by atoms with van der Waals surface area (Å²) in [5.41, 5.74) is 0. The molecule has 3 atom stereocenters. The highest BCUT2D eigenvalue weighted by Gasteiger charge is 2.21. The number of nitrogens with zero attached hydrogens (tertiary/aromatic N) is 2. The van der Waals surface area contributed by atoms with E-state index >= 15 is 0 Å². The highest BCUT2D eigenvalue weighted by Crippen LogP contribution is 2.26. The van der Waals surface area contributed by atoms with Gasteiger partial charge in [0.1, 0.15) is 0 Å². The molecule has 1 fully saturated rings. The second-order valence-electron chi connectivity index (χ2n) is 5.34. The lowest BCUT2D eigenvalue weighted by Crippen LogP contribution is -2.26. The van der Waals surface area contributed by atoms with Crippen LogP contribution in [-0.4, -0.2) is 22.8 Å². The molecular formula is C13H24N4O. The molecule has 0 aliphatic heterocycles. The fourth-order valence-corrected chi connectivity index (χ4v) is 2.60. The van der Waals surface area contributed by atoms with Gasteiger partial charge in [-0.15, -0.1) is 5.10 Å². The number of nitrogens with one attached hydrogen (secondary N) is 2. The van der Waals surface area contributed by atoms with Gasteiger partial charge in [-0.3, -0.25) is 0 Å². The third-order valence-corrected chi connectivity index (χ3v) is 3.59. The van der Waals surface area contributed by atoms with Gasteiger partial charge in [0.05, 0.1) is 6.04 Å². The monoisotopic (exact) mass is 252 g/mol. The smallest absolute Gasteiger partial charge is 0.315 e. The molecule has 0 saturated heterocycles. The Kier molecular flexibility index (Phi) is 4.58. The van der Waals surface area contributed by atoms with Crippen molar-refractivity contribution < 1.29 is 4.42 Å². The molecule has 0 spiro atoms. The van der Waals surface area contributed by atoms with Crippen LogP contribution in [0.4, 0.5) is 6.01 Å². The summed E-state index contributed by atoms with van der Waals surface area (Å²) in [5.74, 6) is 1.45. The van der Waals surface area contributed by atoms with Crippen LogP contribution in [0.2, 0.25) is 0 Å². The average molecular weight is 252 g/mol. The lowest BCUT2D eigenvalue weighted by Gasteiger charge is -2.26. The van der Waals surface area contributed by atoms with E-state index < -0.39 is 0 Å². The molecule has 102 valence electrons. The summed E-state index contributed by atoms with van der Waals surface area (Å²) in [4.78, 5) is 0. The lowest BCUT2D eigenvalue weighted by atomic mass is 9.87. The Morgan fingerprint density at radius 1 is 1.39 bits per heavy atom. The van der Waals surface area contributed by atoms with Crippen molar-refractivity contribution in [2.75, 3.05) is 11.9 Å². The van der Waals surface area contributed by atoms with Crippen LogP contribution in [0.25, 0.3) is 0 Å². The zero-order valence-electron chi connectivity index (χ0n) is 11.6. The molecule has 0 amide bonds. The van der Waals surface area contributed by atoms with Crippen molar-refractivity contribution >= 4 is 6.01 Å². The molecule has 0 bridgehead atoms. The molecule has 3 unspecified atom stereocenters. The number of rotatable bonds is 5. The van der Waals surface area contributed by atoms with Gasteiger partial charge in [0.25, 0.3) is 0 Å². The minimum atomic E-state index is 0.114. The zero-order valence-corrected chi connectivity index (χ0v) is 11.6. The number of anilines is 1. The van der Waals surface area contributed by atoms with Crippen LogP contribution in [0.5, 0.6) is 0 Å². The Morgan fingerprint density at radius 3 is 2.94 bits per heavy atom. The first kappa shape index (κ1) is 13.3. The molecule has 0 aromatic carbocycles. The van der Waals surface area contributed by atoms with Crippen LogP contribution >= 0.6 is 0 Å². The van der Waals surface area contributed by atoms with Gasteiger partial charge in [0.15, 0.2) is 0 Å². The molecule has 5 heteroatoms. The average Bonchev–Trinajstić information content (AvgIpc) is 2.78. The van der Waals surface area contributed by atoms with E-state index in [9.17, 15) is 0 Å². The summed E-state index contributed by atoms with van der Waals surface area (Å²) in [7, 11) is 0. The third-order valence-electron chi connectivity index (χ3n) is 3.59. The van der Waals surface area contributed by atoms with E-state index in [0.29, 0.717) is 17.9 Å². The van der Waals surface area contributed by atoms with Crippen LogP contribution in [0, 0.1) is 5.92 Å². The normalized spacial score (nSPS) is 25.9. The maximum Gasteiger partial charge on any atom is 0.315 e. The van der Waals surface area contributed by atoms with Gasteiger partial charge in [-0.1, -0.05) is 31.8 Å². The summed E-state index contributed by atoms with van der Waals surface area (Å²) < 4.78 is 5.64. The standard InChI is InChI=1S/C13H24N4O/c1-4-14-10(3)12-16-17-13(18-12)15-11-7-5-6-9(2)8-11/h9-11,14H,4-8H2,1-3H3,(H,15,17). The Balaban J connectivity index is 1.89. The summed E-state index contributed by atoms with van der Waals surface area (Å²) in [5, 5.41) is 14.8. The van der Waals surface area contributed by atoms with Crippen molar-refractivity contribution in [2.24, 2.45) is 5.92 Å². The van der Waals surface area contributed by atoms with Crippen molar-refractivity contribution in [3.63, 3.8) is 0 Å². The second kappa shape index (κ2) is 6.18.